The summed E-state index contributed by atoms with van der Waals surface area (Å²) < 4.78 is 0. The van der Waals surface area contributed by atoms with E-state index in [0.717, 1.165) is 17.1 Å². The van der Waals surface area contributed by atoms with Crippen molar-refractivity contribution in [3.05, 3.63) is 199 Å². The Morgan fingerprint density at radius 2 is 1.00 bits per heavy atom. The van der Waals surface area contributed by atoms with Crippen molar-refractivity contribution in [1.29, 1.82) is 0 Å². The van der Waals surface area contributed by atoms with E-state index in [1.807, 2.05) is 0 Å². The Hall–Kier alpha value is -6.18. The summed E-state index contributed by atoms with van der Waals surface area (Å²) in [7, 11) is 0. The highest BCUT2D eigenvalue weighted by molar-refractivity contribution is 6.00. The lowest BCUT2D eigenvalue weighted by atomic mass is 9.81. The van der Waals surface area contributed by atoms with E-state index in [2.05, 4.69) is 222 Å². The largest absolute Gasteiger partial charge is 0.310 e. The molecule has 0 aliphatic heterocycles. The van der Waals surface area contributed by atoms with E-state index >= 15 is 0 Å². The number of hydrogen-bond donors (Lipinski definition) is 0. The molecule has 0 aromatic heterocycles. The van der Waals surface area contributed by atoms with Gasteiger partial charge in [-0.3, -0.25) is 0 Å². The summed E-state index contributed by atoms with van der Waals surface area (Å²) in [6.45, 7) is 11.7. The first-order valence-corrected chi connectivity index (χ1v) is 19.1. The fourth-order valence-electron chi connectivity index (χ4n) is 8.66. The average molecular weight is 696 g/mol. The molecule has 1 aliphatic carbocycles. The second kappa shape index (κ2) is 13.0. The van der Waals surface area contributed by atoms with Crippen LogP contribution < -0.4 is 4.90 Å². The Bertz CT molecular complexity index is 2660. The number of nitrogens with zero attached hydrogens (tertiary/aromatic N) is 1. The zero-order valence-electron chi connectivity index (χ0n) is 31.8. The number of anilines is 3. The van der Waals surface area contributed by atoms with E-state index in [1.165, 1.54) is 72.0 Å². The molecule has 0 N–H and O–H groups in total. The van der Waals surface area contributed by atoms with Crippen LogP contribution in [0.25, 0.3) is 55.3 Å². The maximum Gasteiger partial charge on any atom is 0.0546 e. The molecular weight excluding hydrogens is 651 g/mol. The summed E-state index contributed by atoms with van der Waals surface area (Å²) in [6.07, 6.45) is 0. The maximum absolute atomic E-state index is 2.51. The van der Waals surface area contributed by atoms with Crippen molar-refractivity contribution in [3.63, 3.8) is 0 Å². The third-order valence-corrected chi connectivity index (χ3v) is 11.4. The van der Waals surface area contributed by atoms with Gasteiger partial charge in [0.25, 0.3) is 0 Å². The van der Waals surface area contributed by atoms with Gasteiger partial charge in [0.15, 0.2) is 0 Å². The van der Waals surface area contributed by atoms with Crippen LogP contribution >= 0.6 is 0 Å². The van der Waals surface area contributed by atoms with Crippen molar-refractivity contribution in [3.8, 4) is 44.5 Å². The van der Waals surface area contributed by atoms with Gasteiger partial charge < -0.3 is 4.90 Å². The monoisotopic (exact) mass is 695 g/mol. The van der Waals surface area contributed by atoms with Crippen LogP contribution in [0.5, 0.6) is 0 Å². The molecule has 0 bridgehead atoms. The molecular formula is C53H45N. The molecule has 1 heteroatoms. The fourth-order valence-corrected chi connectivity index (χ4v) is 8.66. The molecule has 0 radical (unpaired) electrons. The quantitative estimate of drug-likeness (QED) is 0.167. The van der Waals surface area contributed by atoms with Gasteiger partial charge in [0.05, 0.1) is 5.69 Å². The third kappa shape index (κ3) is 5.72. The minimum absolute atomic E-state index is 0.0443. The first-order chi connectivity index (χ1) is 26.2. The molecule has 0 heterocycles. The summed E-state index contributed by atoms with van der Waals surface area (Å²) >= 11 is 0. The molecule has 9 rings (SSSR count). The van der Waals surface area contributed by atoms with Crippen molar-refractivity contribution >= 4 is 27.8 Å². The fraction of sp³-hybridized carbons (Fsp3) is 0.132. The lowest BCUT2D eigenvalue weighted by Gasteiger charge is -2.32. The summed E-state index contributed by atoms with van der Waals surface area (Å²) in [5, 5.41) is 2.45. The van der Waals surface area contributed by atoms with Gasteiger partial charge in [-0.2, -0.15) is 0 Å². The Balaban J connectivity index is 1.32. The van der Waals surface area contributed by atoms with Crippen LogP contribution in [0, 0.1) is 0 Å². The second-order valence-electron chi connectivity index (χ2n) is 16.2. The molecule has 8 aromatic rings. The molecule has 1 nitrogen and oxygen atoms in total. The van der Waals surface area contributed by atoms with Gasteiger partial charge in [-0.15, -0.1) is 0 Å². The topological polar surface area (TPSA) is 3.24 Å². The number of fused-ring (bicyclic) bond motifs is 4. The Kier molecular flexibility index (Phi) is 8.12. The van der Waals surface area contributed by atoms with Crippen LogP contribution in [0.3, 0.4) is 0 Å². The van der Waals surface area contributed by atoms with Crippen molar-refractivity contribution < 1.29 is 0 Å². The molecule has 0 saturated carbocycles. The lowest BCUT2D eigenvalue weighted by molar-refractivity contribution is 0.592. The molecule has 8 aromatic carbocycles. The predicted octanol–water partition coefficient (Wildman–Crippen LogP) is 14.9. The minimum atomic E-state index is -0.186. The predicted molar refractivity (Wildman–Crippen MR) is 231 cm³/mol. The Morgan fingerprint density at radius 1 is 0.407 bits per heavy atom. The van der Waals surface area contributed by atoms with Gasteiger partial charge in [-0.1, -0.05) is 180 Å². The van der Waals surface area contributed by atoms with E-state index in [0.29, 0.717) is 0 Å². The zero-order valence-corrected chi connectivity index (χ0v) is 31.8. The van der Waals surface area contributed by atoms with Crippen molar-refractivity contribution in [2.45, 2.75) is 45.4 Å². The molecule has 0 saturated heterocycles. The molecule has 54 heavy (non-hydrogen) atoms. The van der Waals surface area contributed by atoms with Gasteiger partial charge in [-0.05, 0) is 108 Å². The molecule has 0 unspecified atom stereocenters. The highest BCUT2D eigenvalue weighted by Crippen LogP contribution is 2.54. The van der Waals surface area contributed by atoms with Gasteiger partial charge in [-0.25, -0.2) is 0 Å². The summed E-state index contributed by atoms with van der Waals surface area (Å²) in [4.78, 5) is 2.51. The average Bonchev–Trinajstić information content (AvgIpc) is 3.43. The van der Waals surface area contributed by atoms with Crippen LogP contribution in [0.4, 0.5) is 17.1 Å². The summed E-state index contributed by atoms with van der Waals surface area (Å²) in [6, 6.07) is 67.2. The van der Waals surface area contributed by atoms with Crippen LogP contribution in [-0.2, 0) is 10.8 Å². The van der Waals surface area contributed by atoms with Crippen LogP contribution in [0.15, 0.2) is 182 Å². The third-order valence-electron chi connectivity index (χ3n) is 11.4. The van der Waals surface area contributed by atoms with Crippen molar-refractivity contribution in [1.82, 2.24) is 0 Å². The molecule has 0 fully saturated rings. The standard InChI is InChI=1S/C53H45N/c1-52(2,3)47-28-15-14-26-44(47)46-33-39-22-12-13-23-40(39)34-50(46)54(41-25-16-24-38(32-41)36-18-8-6-9-19-36)42-30-31-45-49(35-42)53(4,5)48-29-17-27-43(51(45)48)37-20-10-7-11-21-37/h6-35H,1-5H3. The molecule has 0 amide bonds. The highest BCUT2D eigenvalue weighted by atomic mass is 15.1. The normalized spacial score (nSPS) is 13.1. The first-order valence-electron chi connectivity index (χ1n) is 19.1. The Morgan fingerprint density at radius 3 is 1.74 bits per heavy atom. The van der Waals surface area contributed by atoms with E-state index < -0.39 is 0 Å². The van der Waals surface area contributed by atoms with Gasteiger partial charge >= 0.3 is 0 Å². The van der Waals surface area contributed by atoms with Crippen LogP contribution in [-0.4, -0.2) is 0 Å². The highest BCUT2D eigenvalue weighted by Gasteiger charge is 2.37. The van der Waals surface area contributed by atoms with E-state index in [9.17, 15) is 0 Å². The van der Waals surface area contributed by atoms with Crippen LogP contribution in [0.1, 0.15) is 51.3 Å². The molecule has 1 aliphatic rings. The van der Waals surface area contributed by atoms with E-state index in [1.54, 1.807) is 0 Å². The van der Waals surface area contributed by atoms with Gasteiger partial charge in [0.2, 0.25) is 0 Å². The van der Waals surface area contributed by atoms with Gasteiger partial charge in [0, 0.05) is 22.4 Å². The summed E-state index contributed by atoms with van der Waals surface area (Å²) in [5.74, 6) is 0. The first kappa shape index (κ1) is 33.6. The van der Waals surface area contributed by atoms with Crippen molar-refractivity contribution in [2.24, 2.45) is 0 Å². The Labute approximate surface area is 320 Å². The molecule has 0 spiro atoms. The van der Waals surface area contributed by atoms with Gasteiger partial charge in [0.1, 0.15) is 0 Å². The van der Waals surface area contributed by atoms with E-state index in [4.69, 9.17) is 0 Å². The number of hydrogen-bond acceptors (Lipinski definition) is 1. The molecule has 0 atom stereocenters. The second-order valence-corrected chi connectivity index (χ2v) is 16.2. The van der Waals surface area contributed by atoms with E-state index in [-0.39, 0.29) is 10.8 Å². The zero-order chi connectivity index (χ0) is 37.0. The summed E-state index contributed by atoms with van der Waals surface area (Å²) in [5.41, 5.74) is 17.3. The number of benzene rings is 8. The smallest absolute Gasteiger partial charge is 0.0546 e. The van der Waals surface area contributed by atoms with Crippen molar-refractivity contribution in [2.75, 3.05) is 4.90 Å². The maximum atomic E-state index is 2.51. The number of rotatable bonds is 6. The SMILES string of the molecule is CC(C)(C)c1ccccc1-c1cc2ccccc2cc1N(c1cccc(-c2ccccc2)c1)c1ccc2c(c1)C(C)(C)c1cccc(-c3ccccc3)c1-2. The molecule has 262 valence electrons. The lowest BCUT2D eigenvalue weighted by Crippen LogP contribution is -2.17. The van der Waals surface area contributed by atoms with Crippen LogP contribution in [0.2, 0.25) is 0 Å². The minimum Gasteiger partial charge on any atom is -0.310 e.